The first-order valence-electron chi connectivity index (χ1n) is 6.45. The lowest BCUT2D eigenvalue weighted by Gasteiger charge is -2.14. The first-order valence-corrected chi connectivity index (χ1v) is 6.45. The van der Waals surface area contributed by atoms with E-state index >= 15 is 0 Å². The third kappa shape index (κ3) is 2.30. The molecular weight excluding hydrogens is 256 g/mol. The van der Waals surface area contributed by atoms with Crippen LogP contribution in [-0.2, 0) is 0 Å². The molecule has 2 aromatic heterocycles. The monoisotopic (exact) mass is 272 g/mol. The molecule has 2 aromatic rings. The molecule has 0 bridgehead atoms. The highest BCUT2D eigenvalue weighted by atomic mass is 16.6. The van der Waals surface area contributed by atoms with Gasteiger partial charge in [-0.3, -0.25) is 0 Å². The number of H-pyrrole nitrogens is 1. The van der Waals surface area contributed by atoms with Crippen molar-refractivity contribution < 1.29 is 13.9 Å². The summed E-state index contributed by atoms with van der Waals surface area (Å²) in [6.45, 7) is 2.97. The van der Waals surface area contributed by atoms with Crippen LogP contribution in [0.4, 0.5) is 5.88 Å². The fourth-order valence-electron chi connectivity index (χ4n) is 2.07. The molecule has 3 rings (SSSR count). The lowest BCUT2D eigenvalue weighted by molar-refractivity contribution is 0.174. The van der Waals surface area contributed by atoms with Crippen molar-refractivity contribution in [2.45, 2.75) is 6.92 Å². The first-order chi connectivity index (χ1) is 9.78. The van der Waals surface area contributed by atoms with Crippen LogP contribution in [0.2, 0.25) is 0 Å². The van der Waals surface area contributed by atoms with Crippen molar-refractivity contribution in [2.24, 2.45) is 0 Å². The number of aromatic nitrogens is 1. The highest BCUT2D eigenvalue weighted by Gasteiger charge is 2.23. The number of hydrogen-bond acceptors (Lipinski definition) is 4. The van der Waals surface area contributed by atoms with Crippen molar-refractivity contribution in [3.63, 3.8) is 0 Å². The maximum Gasteiger partial charge on any atom is 0.237 e. The van der Waals surface area contributed by atoms with Crippen molar-refractivity contribution >= 4 is 24.1 Å². The Morgan fingerprint density at radius 3 is 2.50 bits per heavy atom. The fourth-order valence-corrected chi connectivity index (χ4v) is 2.07. The number of hydrogen-bond donors (Lipinski definition) is 2. The zero-order valence-corrected chi connectivity index (χ0v) is 11.2. The van der Waals surface area contributed by atoms with E-state index in [0.717, 1.165) is 11.4 Å². The van der Waals surface area contributed by atoms with Gasteiger partial charge >= 0.3 is 0 Å². The third-order valence-electron chi connectivity index (χ3n) is 2.94. The maximum absolute atomic E-state index is 5.75. The van der Waals surface area contributed by atoms with E-state index in [0.29, 0.717) is 30.5 Å². The van der Waals surface area contributed by atoms with Crippen molar-refractivity contribution in [3.8, 4) is 11.5 Å². The molecule has 5 heteroatoms. The predicted octanol–water partition coefficient (Wildman–Crippen LogP) is 3.16. The summed E-state index contributed by atoms with van der Waals surface area (Å²) in [5, 5.41) is 0. The number of aromatic amines is 1. The number of ether oxygens (including phenoxy) is 2. The molecular formula is C15H16N2O3. The molecule has 5 nitrogen and oxygen atoms in total. The van der Waals surface area contributed by atoms with Crippen LogP contribution in [0, 0.1) is 0 Å². The van der Waals surface area contributed by atoms with Gasteiger partial charge in [0.05, 0.1) is 0 Å². The zero-order chi connectivity index (χ0) is 13.9. The molecule has 0 saturated heterocycles. The average Bonchev–Trinajstić information content (AvgIpc) is 3.03. The quantitative estimate of drug-likeness (QED) is 0.900. The van der Waals surface area contributed by atoms with Crippen LogP contribution in [0.1, 0.15) is 24.1 Å². The molecule has 3 heterocycles. The Bertz CT molecular complexity index is 665. The molecule has 1 aliphatic heterocycles. The molecule has 0 aromatic carbocycles. The van der Waals surface area contributed by atoms with Gasteiger partial charge in [0, 0.05) is 11.4 Å². The standard InChI is InChI=1S/C15H16N2O3/c1-2-3-10-4-5-11(17-10)6-7-12-13-14(15(16)20-12)19-9-8-18-13/h2-7,17H,8-9,16H2,1H3/b3-2+,7-6+. The van der Waals surface area contributed by atoms with Crippen molar-refractivity contribution in [2.75, 3.05) is 18.9 Å². The Kier molecular flexibility index (Phi) is 3.25. The summed E-state index contributed by atoms with van der Waals surface area (Å²) >= 11 is 0. The van der Waals surface area contributed by atoms with E-state index in [1.54, 1.807) is 0 Å². The van der Waals surface area contributed by atoms with Gasteiger partial charge in [0.2, 0.25) is 17.4 Å². The fraction of sp³-hybridized carbons (Fsp3) is 0.200. The second-order valence-electron chi connectivity index (χ2n) is 4.39. The molecule has 0 atom stereocenters. The molecule has 1 aliphatic rings. The normalized spacial score (nSPS) is 14.4. The summed E-state index contributed by atoms with van der Waals surface area (Å²) in [4.78, 5) is 3.25. The van der Waals surface area contributed by atoms with Crippen LogP contribution < -0.4 is 15.2 Å². The van der Waals surface area contributed by atoms with Gasteiger partial charge in [-0.05, 0) is 37.3 Å². The van der Waals surface area contributed by atoms with Gasteiger partial charge < -0.3 is 24.6 Å². The second kappa shape index (κ2) is 5.21. The van der Waals surface area contributed by atoms with Gasteiger partial charge in [-0.25, -0.2) is 0 Å². The Morgan fingerprint density at radius 2 is 1.75 bits per heavy atom. The van der Waals surface area contributed by atoms with E-state index in [1.165, 1.54) is 0 Å². The van der Waals surface area contributed by atoms with Gasteiger partial charge in [-0.1, -0.05) is 6.08 Å². The number of rotatable bonds is 3. The van der Waals surface area contributed by atoms with Crippen molar-refractivity contribution in [1.82, 2.24) is 4.98 Å². The topological polar surface area (TPSA) is 73.4 Å². The van der Waals surface area contributed by atoms with Crippen molar-refractivity contribution in [3.05, 3.63) is 35.4 Å². The van der Waals surface area contributed by atoms with Crippen LogP contribution in [0.3, 0.4) is 0 Å². The molecule has 0 spiro atoms. The molecule has 0 aliphatic carbocycles. The molecule has 0 radical (unpaired) electrons. The van der Waals surface area contributed by atoms with E-state index in [9.17, 15) is 0 Å². The zero-order valence-electron chi connectivity index (χ0n) is 11.2. The molecule has 0 amide bonds. The number of anilines is 1. The van der Waals surface area contributed by atoms with Gasteiger partial charge in [-0.2, -0.15) is 0 Å². The molecule has 0 unspecified atom stereocenters. The van der Waals surface area contributed by atoms with Crippen LogP contribution >= 0.6 is 0 Å². The largest absolute Gasteiger partial charge is 0.483 e. The van der Waals surface area contributed by atoms with Gasteiger partial charge in [-0.15, -0.1) is 0 Å². The lowest BCUT2D eigenvalue weighted by Crippen LogP contribution is -2.15. The number of nitrogen functional groups attached to an aromatic ring is 1. The number of furan rings is 1. The molecule has 3 N–H and O–H groups in total. The third-order valence-corrected chi connectivity index (χ3v) is 2.94. The summed E-state index contributed by atoms with van der Waals surface area (Å²) in [6.07, 6.45) is 7.70. The summed E-state index contributed by atoms with van der Waals surface area (Å²) in [5.41, 5.74) is 7.77. The van der Waals surface area contributed by atoms with Crippen LogP contribution in [-0.4, -0.2) is 18.2 Å². The minimum absolute atomic E-state index is 0.250. The molecule has 104 valence electrons. The Hall–Kier alpha value is -2.56. The summed E-state index contributed by atoms with van der Waals surface area (Å²) in [5.74, 6) is 1.89. The minimum atomic E-state index is 0.250. The molecule has 0 saturated carbocycles. The lowest BCUT2D eigenvalue weighted by atomic mass is 10.3. The number of fused-ring (bicyclic) bond motifs is 1. The second-order valence-corrected chi connectivity index (χ2v) is 4.39. The Morgan fingerprint density at radius 1 is 1.05 bits per heavy atom. The highest BCUT2D eigenvalue weighted by molar-refractivity contribution is 5.74. The average molecular weight is 272 g/mol. The Labute approximate surface area is 116 Å². The number of nitrogens with two attached hydrogens (primary N) is 1. The minimum Gasteiger partial charge on any atom is -0.483 e. The SMILES string of the molecule is C/C=C/c1ccc(/C=C/c2oc(N)c3c2OCCO3)[nH]1. The van der Waals surface area contributed by atoms with Crippen LogP contribution in [0.5, 0.6) is 11.5 Å². The van der Waals surface area contributed by atoms with Crippen LogP contribution in [0.15, 0.2) is 22.6 Å². The first kappa shape index (κ1) is 12.5. The van der Waals surface area contributed by atoms with Gasteiger partial charge in [0.15, 0.2) is 5.76 Å². The summed E-state index contributed by atoms with van der Waals surface area (Å²) < 4.78 is 16.4. The molecule has 0 fully saturated rings. The Balaban J connectivity index is 1.85. The smallest absolute Gasteiger partial charge is 0.237 e. The predicted molar refractivity (Wildman–Crippen MR) is 78.5 cm³/mol. The molecule has 20 heavy (non-hydrogen) atoms. The summed E-state index contributed by atoms with van der Waals surface area (Å²) in [6, 6.07) is 3.99. The van der Waals surface area contributed by atoms with Crippen LogP contribution in [0.25, 0.3) is 18.2 Å². The van der Waals surface area contributed by atoms with E-state index in [2.05, 4.69) is 4.98 Å². The maximum atomic E-state index is 5.75. The van der Waals surface area contributed by atoms with E-state index in [1.807, 2.05) is 43.4 Å². The van der Waals surface area contributed by atoms with E-state index in [-0.39, 0.29) is 5.88 Å². The van der Waals surface area contributed by atoms with Gasteiger partial charge in [0.25, 0.3) is 0 Å². The van der Waals surface area contributed by atoms with E-state index in [4.69, 9.17) is 19.6 Å². The van der Waals surface area contributed by atoms with Gasteiger partial charge in [0.1, 0.15) is 13.2 Å². The number of allylic oxidation sites excluding steroid dienone is 1. The number of nitrogens with one attached hydrogen (secondary N) is 1. The highest BCUT2D eigenvalue weighted by Crippen LogP contribution is 2.42. The van der Waals surface area contributed by atoms with E-state index < -0.39 is 0 Å². The van der Waals surface area contributed by atoms with Crippen molar-refractivity contribution in [1.29, 1.82) is 0 Å². The summed E-state index contributed by atoms with van der Waals surface area (Å²) in [7, 11) is 0.